The molecule has 1 saturated heterocycles. The molecule has 7 nitrogen and oxygen atoms in total. The number of amides is 1. The predicted molar refractivity (Wildman–Crippen MR) is 123 cm³/mol. The third-order valence-electron chi connectivity index (χ3n) is 4.91. The Morgan fingerprint density at radius 1 is 1.16 bits per heavy atom. The van der Waals surface area contributed by atoms with Gasteiger partial charge in [0.1, 0.15) is 0 Å². The van der Waals surface area contributed by atoms with Crippen molar-refractivity contribution in [1.29, 1.82) is 0 Å². The molecule has 1 N–H and O–H groups in total. The Morgan fingerprint density at radius 3 is 2.58 bits per heavy atom. The van der Waals surface area contributed by atoms with Crippen molar-refractivity contribution in [2.24, 2.45) is 0 Å². The number of rotatable bonds is 6. The number of methoxy groups -OCH3 is 2. The maximum absolute atomic E-state index is 12.7. The number of nitrogens with zero attached hydrogens (tertiary/aromatic N) is 2. The molecule has 4 rings (SSSR count). The van der Waals surface area contributed by atoms with E-state index in [1.165, 1.54) is 14.2 Å². The molecule has 3 aromatic rings. The number of carbonyl (C=O) groups is 1. The fourth-order valence-electron chi connectivity index (χ4n) is 3.27. The first-order chi connectivity index (χ1) is 15.1. The monoisotopic (exact) mass is 459 g/mol. The quantitative estimate of drug-likeness (QED) is 0.582. The van der Waals surface area contributed by atoms with Crippen molar-refractivity contribution >= 4 is 39.7 Å². The van der Waals surface area contributed by atoms with E-state index >= 15 is 0 Å². The Bertz CT molecular complexity index is 1070. The second kappa shape index (κ2) is 9.55. The van der Waals surface area contributed by atoms with Crippen LogP contribution in [-0.2, 0) is 4.74 Å². The van der Waals surface area contributed by atoms with Crippen molar-refractivity contribution in [3.05, 3.63) is 52.4 Å². The minimum atomic E-state index is -0.293. The molecule has 0 saturated carbocycles. The minimum absolute atomic E-state index is 0.293. The maximum atomic E-state index is 12.7. The highest BCUT2D eigenvalue weighted by Gasteiger charge is 2.17. The molecule has 1 amide bonds. The van der Waals surface area contributed by atoms with Crippen LogP contribution in [0, 0.1) is 0 Å². The van der Waals surface area contributed by atoms with Gasteiger partial charge in [0.05, 0.1) is 38.1 Å². The van der Waals surface area contributed by atoms with Crippen LogP contribution in [0.4, 0.5) is 10.8 Å². The molecule has 0 atom stereocenters. The highest BCUT2D eigenvalue weighted by atomic mass is 35.5. The van der Waals surface area contributed by atoms with Gasteiger partial charge in [-0.15, -0.1) is 11.3 Å². The highest BCUT2D eigenvalue weighted by Crippen LogP contribution is 2.36. The molecule has 31 heavy (non-hydrogen) atoms. The van der Waals surface area contributed by atoms with Crippen LogP contribution in [0.3, 0.4) is 0 Å². The van der Waals surface area contributed by atoms with E-state index in [-0.39, 0.29) is 5.91 Å². The summed E-state index contributed by atoms with van der Waals surface area (Å²) in [7, 11) is 2.99. The summed E-state index contributed by atoms with van der Waals surface area (Å²) in [6.07, 6.45) is 0. The second-order valence-corrected chi connectivity index (χ2v) is 8.08. The van der Waals surface area contributed by atoms with Gasteiger partial charge in [-0.1, -0.05) is 23.7 Å². The average Bonchev–Trinajstić information content (AvgIpc) is 3.30. The number of nitrogens with one attached hydrogen (secondary N) is 1. The summed E-state index contributed by atoms with van der Waals surface area (Å²) in [6.45, 7) is 3.18. The summed E-state index contributed by atoms with van der Waals surface area (Å²) < 4.78 is 15.9. The number of morpholine rings is 1. The van der Waals surface area contributed by atoms with Crippen LogP contribution in [0.25, 0.3) is 11.3 Å². The summed E-state index contributed by atoms with van der Waals surface area (Å²) in [6, 6.07) is 10.7. The van der Waals surface area contributed by atoms with Gasteiger partial charge in [0.2, 0.25) is 0 Å². The molecule has 0 spiro atoms. The molecule has 0 aliphatic carbocycles. The van der Waals surface area contributed by atoms with Crippen LogP contribution in [0.15, 0.2) is 41.8 Å². The van der Waals surface area contributed by atoms with Crippen LogP contribution in [0.2, 0.25) is 5.02 Å². The molecule has 2 aromatic carbocycles. The Hall–Kier alpha value is -2.81. The Labute approximate surface area is 189 Å². The largest absolute Gasteiger partial charge is 0.493 e. The van der Waals surface area contributed by atoms with E-state index in [0.29, 0.717) is 27.8 Å². The fraction of sp³-hybridized carbons (Fsp3) is 0.273. The third kappa shape index (κ3) is 4.76. The van der Waals surface area contributed by atoms with Crippen LogP contribution in [0.5, 0.6) is 11.5 Å². The molecule has 162 valence electrons. The smallest absolute Gasteiger partial charge is 0.255 e. The lowest BCUT2D eigenvalue weighted by molar-refractivity contribution is 0.102. The van der Waals surface area contributed by atoms with E-state index in [1.807, 2.05) is 29.6 Å². The average molecular weight is 460 g/mol. The number of hydrogen-bond acceptors (Lipinski definition) is 7. The minimum Gasteiger partial charge on any atom is -0.493 e. The van der Waals surface area contributed by atoms with Crippen LogP contribution >= 0.6 is 22.9 Å². The van der Waals surface area contributed by atoms with Gasteiger partial charge in [0, 0.05) is 35.3 Å². The molecule has 9 heteroatoms. The Balaban J connectivity index is 1.46. The van der Waals surface area contributed by atoms with E-state index < -0.39 is 0 Å². The van der Waals surface area contributed by atoms with Gasteiger partial charge in [0.25, 0.3) is 5.91 Å². The van der Waals surface area contributed by atoms with Crippen molar-refractivity contribution in [2.75, 3.05) is 50.7 Å². The number of halogens is 1. The lowest BCUT2D eigenvalue weighted by atomic mass is 10.1. The van der Waals surface area contributed by atoms with Gasteiger partial charge in [-0.05, 0) is 24.3 Å². The maximum Gasteiger partial charge on any atom is 0.255 e. The molecule has 2 heterocycles. The first kappa shape index (κ1) is 21.4. The van der Waals surface area contributed by atoms with Crippen molar-refractivity contribution in [3.63, 3.8) is 0 Å². The summed E-state index contributed by atoms with van der Waals surface area (Å²) in [5.74, 6) is 0.499. The van der Waals surface area contributed by atoms with Gasteiger partial charge in [-0.25, -0.2) is 4.98 Å². The summed E-state index contributed by atoms with van der Waals surface area (Å²) in [5, 5.41) is 6.23. The molecule has 0 unspecified atom stereocenters. The summed E-state index contributed by atoms with van der Waals surface area (Å²) >= 11 is 7.83. The molecule has 0 radical (unpaired) electrons. The summed E-state index contributed by atoms with van der Waals surface area (Å²) in [4.78, 5) is 19.7. The van der Waals surface area contributed by atoms with E-state index in [2.05, 4.69) is 10.2 Å². The first-order valence-corrected chi connectivity index (χ1v) is 11.0. The zero-order valence-electron chi connectivity index (χ0n) is 17.2. The number of thiazole rings is 1. The molecular weight excluding hydrogens is 438 g/mol. The lowest BCUT2D eigenvalue weighted by Gasteiger charge is -2.26. The number of hydrogen-bond donors (Lipinski definition) is 1. The number of ether oxygens (including phenoxy) is 3. The van der Waals surface area contributed by atoms with E-state index in [1.54, 1.807) is 23.5 Å². The normalized spacial score (nSPS) is 13.7. The number of anilines is 2. The highest BCUT2D eigenvalue weighted by molar-refractivity contribution is 7.14. The van der Waals surface area contributed by atoms with Crippen LogP contribution < -0.4 is 19.7 Å². The fourth-order valence-corrected chi connectivity index (χ4v) is 4.45. The van der Waals surface area contributed by atoms with Crippen molar-refractivity contribution in [1.82, 2.24) is 4.98 Å². The predicted octanol–water partition coefficient (Wildman–Crippen LogP) is 4.57. The number of carbonyl (C=O) groups excluding carboxylic acids is 1. The van der Waals surface area contributed by atoms with Crippen molar-refractivity contribution in [2.45, 2.75) is 0 Å². The SMILES string of the molecule is COc1cc(C(=O)Nc2ccc(-c3csc(N4CCOCC4)n3)cc2)cc(Cl)c1OC. The molecule has 1 fully saturated rings. The second-order valence-electron chi connectivity index (χ2n) is 6.84. The van der Waals surface area contributed by atoms with Crippen molar-refractivity contribution < 1.29 is 19.0 Å². The van der Waals surface area contributed by atoms with Gasteiger partial charge < -0.3 is 24.4 Å². The third-order valence-corrected chi connectivity index (χ3v) is 6.09. The standard InChI is InChI=1S/C22H22ClN3O4S/c1-28-19-12-15(11-17(23)20(19)29-2)21(27)24-16-5-3-14(4-6-16)18-13-31-22(25-18)26-7-9-30-10-8-26/h3-6,11-13H,7-10H2,1-2H3,(H,24,27). The first-order valence-electron chi connectivity index (χ1n) is 9.70. The molecule has 0 bridgehead atoms. The zero-order chi connectivity index (χ0) is 21.8. The summed E-state index contributed by atoms with van der Waals surface area (Å²) in [5.41, 5.74) is 2.95. The molecule has 1 aliphatic heterocycles. The van der Waals surface area contributed by atoms with Crippen LogP contribution in [-0.4, -0.2) is 51.4 Å². The zero-order valence-corrected chi connectivity index (χ0v) is 18.8. The lowest BCUT2D eigenvalue weighted by Crippen LogP contribution is -2.36. The molecular formula is C22H22ClN3O4S. The van der Waals surface area contributed by atoms with Gasteiger partial charge in [-0.2, -0.15) is 0 Å². The molecule has 1 aromatic heterocycles. The van der Waals surface area contributed by atoms with E-state index in [4.69, 9.17) is 30.8 Å². The Morgan fingerprint density at radius 2 is 1.90 bits per heavy atom. The van der Waals surface area contributed by atoms with Crippen molar-refractivity contribution in [3.8, 4) is 22.8 Å². The Kier molecular flexibility index (Phi) is 6.60. The van der Waals surface area contributed by atoms with E-state index in [0.717, 1.165) is 42.7 Å². The van der Waals surface area contributed by atoms with E-state index in [9.17, 15) is 4.79 Å². The number of aromatic nitrogens is 1. The topological polar surface area (TPSA) is 72.9 Å². The molecule has 1 aliphatic rings. The van der Waals surface area contributed by atoms with Gasteiger partial charge >= 0.3 is 0 Å². The van der Waals surface area contributed by atoms with Gasteiger partial charge in [0.15, 0.2) is 16.6 Å². The van der Waals surface area contributed by atoms with Crippen LogP contribution in [0.1, 0.15) is 10.4 Å². The van der Waals surface area contributed by atoms with Gasteiger partial charge in [-0.3, -0.25) is 4.79 Å². The number of benzene rings is 2.